The second-order valence-corrected chi connectivity index (χ2v) is 4.25. The third-order valence-electron chi connectivity index (χ3n) is 2.22. The summed E-state index contributed by atoms with van der Waals surface area (Å²) in [5.74, 6) is 0.628. The van der Waals surface area contributed by atoms with Crippen molar-refractivity contribution in [2.45, 2.75) is 26.3 Å². The Labute approximate surface area is 92.3 Å². The quantitative estimate of drug-likeness (QED) is 0.758. The van der Waals surface area contributed by atoms with E-state index in [9.17, 15) is 4.79 Å². The first kappa shape index (κ1) is 11.4. The van der Waals surface area contributed by atoms with Gasteiger partial charge in [0.05, 0.1) is 0 Å². The Balaban J connectivity index is 2.46. The van der Waals surface area contributed by atoms with Crippen molar-refractivity contribution in [3.63, 3.8) is 0 Å². The number of alkyl halides is 1. The Bertz CT molecular complexity index is 324. The standard InChI is InChI=1S/C10H15BrN2O/c1-9(4-6-11)5-8-13-10(14)3-2-7-12-13/h2-3,7,9H,4-6,8H2,1H3. The normalized spacial score (nSPS) is 12.7. The Morgan fingerprint density at radius 2 is 2.36 bits per heavy atom. The van der Waals surface area contributed by atoms with Crippen LogP contribution >= 0.6 is 15.9 Å². The zero-order valence-electron chi connectivity index (χ0n) is 8.32. The number of halogens is 1. The Morgan fingerprint density at radius 1 is 1.57 bits per heavy atom. The van der Waals surface area contributed by atoms with Gasteiger partial charge < -0.3 is 0 Å². The van der Waals surface area contributed by atoms with Crippen LogP contribution in [-0.4, -0.2) is 15.1 Å². The molecule has 3 nitrogen and oxygen atoms in total. The Kier molecular flexibility index (Phi) is 4.87. The van der Waals surface area contributed by atoms with Crippen LogP contribution in [0.5, 0.6) is 0 Å². The SMILES string of the molecule is CC(CCBr)CCn1ncccc1=O. The van der Waals surface area contributed by atoms with Gasteiger partial charge in [-0.25, -0.2) is 4.68 Å². The van der Waals surface area contributed by atoms with Crippen LogP contribution in [-0.2, 0) is 6.54 Å². The van der Waals surface area contributed by atoms with Crippen molar-refractivity contribution in [3.05, 3.63) is 28.7 Å². The minimum Gasteiger partial charge on any atom is -0.268 e. The molecule has 0 aliphatic rings. The van der Waals surface area contributed by atoms with Gasteiger partial charge in [-0.1, -0.05) is 22.9 Å². The highest BCUT2D eigenvalue weighted by molar-refractivity contribution is 9.09. The van der Waals surface area contributed by atoms with E-state index in [-0.39, 0.29) is 5.56 Å². The summed E-state index contributed by atoms with van der Waals surface area (Å²) in [6, 6.07) is 3.21. The molecule has 1 aromatic rings. The van der Waals surface area contributed by atoms with Crippen LogP contribution in [0.15, 0.2) is 23.1 Å². The molecule has 4 heteroatoms. The molecule has 0 amide bonds. The molecule has 0 spiro atoms. The maximum absolute atomic E-state index is 11.3. The zero-order chi connectivity index (χ0) is 10.4. The van der Waals surface area contributed by atoms with Crippen LogP contribution in [0.2, 0.25) is 0 Å². The lowest BCUT2D eigenvalue weighted by Gasteiger charge is -2.09. The molecule has 14 heavy (non-hydrogen) atoms. The van der Waals surface area contributed by atoms with E-state index >= 15 is 0 Å². The molecule has 1 rings (SSSR count). The lowest BCUT2D eigenvalue weighted by molar-refractivity contribution is 0.440. The van der Waals surface area contributed by atoms with E-state index in [1.165, 1.54) is 4.68 Å². The number of nitrogens with zero attached hydrogens (tertiary/aromatic N) is 2. The van der Waals surface area contributed by atoms with Crippen molar-refractivity contribution >= 4 is 15.9 Å². The summed E-state index contributed by atoms with van der Waals surface area (Å²) >= 11 is 3.41. The highest BCUT2D eigenvalue weighted by atomic mass is 79.9. The second-order valence-electron chi connectivity index (χ2n) is 3.46. The van der Waals surface area contributed by atoms with E-state index < -0.39 is 0 Å². The fraction of sp³-hybridized carbons (Fsp3) is 0.600. The van der Waals surface area contributed by atoms with Crippen molar-refractivity contribution in [2.24, 2.45) is 5.92 Å². The fourth-order valence-electron chi connectivity index (χ4n) is 1.23. The van der Waals surface area contributed by atoms with Gasteiger partial charge in [-0.2, -0.15) is 5.10 Å². The van der Waals surface area contributed by atoms with Crippen molar-refractivity contribution in [2.75, 3.05) is 5.33 Å². The highest BCUT2D eigenvalue weighted by Gasteiger charge is 2.02. The zero-order valence-corrected chi connectivity index (χ0v) is 9.90. The molecule has 78 valence electrons. The average Bonchev–Trinajstić information content (AvgIpc) is 2.17. The number of rotatable bonds is 5. The summed E-state index contributed by atoms with van der Waals surface area (Å²) in [7, 11) is 0. The Hall–Kier alpha value is -0.640. The summed E-state index contributed by atoms with van der Waals surface area (Å²) in [4.78, 5) is 11.3. The third kappa shape index (κ3) is 3.62. The fourth-order valence-corrected chi connectivity index (χ4v) is 2.01. The predicted octanol–water partition coefficient (Wildman–Crippen LogP) is 2.05. The minimum atomic E-state index is -0.0152. The van der Waals surface area contributed by atoms with Crippen LogP contribution in [0.3, 0.4) is 0 Å². The summed E-state index contributed by atoms with van der Waals surface area (Å²) in [6.45, 7) is 2.91. The first-order valence-corrected chi connectivity index (χ1v) is 5.94. The number of hydrogen-bond acceptors (Lipinski definition) is 2. The van der Waals surface area contributed by atoms with Crippen molar-refractivity contribution < 1.29 is 0 Å². The van der Waals surface area contributed by atoms with Gasteiger partial charge in [0.2, 0.25) is 0 Å². The van der Waals surface area contributed by atoms with Crippen molar-refractivity contribution in [1.29, 1.82) is 0 Å². The lowest BCUT2D eigenvalue weighted by Crippen LogP contribution is -2.22. The summed E-state index contributed by atoms with van der Waals surface area (Å²) in [5.41, 5.74) is -0.0152. The van der Waals surface area contributed by atoms with Gasteiger partial charge in [-0.05, 0) is 24.8 Å². The Morgan fingerprint density at radius 3 is 3.00 bits per heavy atom. The molecule has 1 aromatic heterocycles. The highest BCUT2D eigenvalue weighted by Crippen LogP contribution is 2.09. The molecule has 0 aliphatic carbocycles. The van der Waals surface area contributed by atoms with E-state index in [4.69, 9.17) is 0 Å². The topological polar surface area (TPSA) is 34.9 Å². The molecule has 0 aromatic carbocycles. The van der Waals surface area contributed by atoms with Crippen molar-refractivity contribution in [1.82, 2.24) is 9.78 Å². The van der Waals surface area contributed by atoms with E-state index in [0.717, 1.165) is 18.2 Å². The molecule has 0 saturated carbocycles. The average molecular weight is 259 g/mol. The third-order valence-corrected chi connectivity index (χ3v) is 2.68. The molecular weight excluding hydrogens is 244 g/mol. The van der Waals surface area contributed by atoms with Gasteiger partial charge in [0, 0.05) is 24.1 Å². The van der Waals surface area contributed by atoms with Crippen molar-refractivity contribution in [3.8, 4) is 0 Å². The molecule has 0 aliphatic heterocycles. The van der Waals surface area contributed by atoms with E-state index in [1.807, 2.05) is 0 Å². The van der Waals surface area contributed by atoms with Crippen LogP contribution in [0.1, 0.15) is 19.8 Å². The number of aromatic nitrogens is 2. The molecule has 0 bridgehead atoms. The minimum absolute atomic E-state index is 0.0152. The maximum atomic E-state index is 11.3. The summed E-state index contributed by atoms with van der Waals surface area (Å²) in [5, 5.41) is 5.02. The lowest BCUT2D eigenvalue weighted by atomic mass is 10.1. The van der Waals surface area contributed by atoms with E-state index in [2.05, 4.69) is 28.0 Å². The largest absolute Gasteiger partial charge is 0.268 e. The summed E-state index contributed by atoms with van der Waals surface area (Å²) in [6.07, 6.45) is 3.79. The van der Waals surface area contributed by atoms with Crippen LogP contribution in [0.4, 0.5) is 0 Å². The van der Waals surface area contributed by atoms with Gasteiger partial charge in [-0.15, -0.1) is 0 Å². The molecule has 0 N–H and O–H groups in total. The number of aryl methyl sites for hydroxylation is 1. The van der Waals surface area contributed by atoms with Crippen LogP contribution in [0.25, 0.3) is 0 Å². The molecule has 1 unspecified atom stereocenters. The van der Waals surface area contributed by atoms with E-state index in [0.29, 0.717) is 12.5 Å². The smallest absolute Gasteiger partial charge is 0.266 e. The van der Waals surface area contributed by atoms with Gasteiger partial charge in [-0.3, -0.25) is 4.79 Å². The molecule has 0 fully saturated rings. The van der Waals surface area contributed by atoms with Crippen LogP contribution in [0, 0.1) is 5.92 Å². The summed E-state index contributed by atoms with van der Waals surface area (Å²) < 4.78 is 1.52. The van der Waals surface area contributed by atoms with Gasteiger partial charge in [0.25, 0.3) is 5.56 Å². The second kappa shape index (κ2) is 5.96. The molecule has 0 radical (unpaired) electrons. The molecular formula is C10H15BrN2O. The van der Waals surface area contributed by atoms with Gasteiger partial charge in [0.15, 0.2) is 0 Å². The van der Waals surface area contributed by atoms with Gasteiger partial charge >= 0.3 is 0 Å². The monoisotopic (exact) mass is 258 g/mol. The first-order chi connectivity index (χ1) is 6.74. The van der Waals surface area contributed by atoms with Gasteiger partial charge in [0.1, 0.15) is 0 Å². The maximum Gasteiger partial charge on any atom is 0.266 e. The first-order valence-electron chi connectivity index (χ1n) is 4.82. The molecule has 1 heterocycles. The number of hydrogen-bond donors (Lipinski definition) is 0. The molecule has 0 saturated heterocycles. The molecule has 1 atom stereocenters. The predicted molar refractivity (Wildman–Crippen MR) is 60.7 cm³/mol. The van der Waals surface area contributed by atoms with E-state index in [1.54, 1.807) is 18.3 Å². The van der Waals surface area contributed by atoms with Crippen LogP contribution < -0.4 is 5.56 Å².